The number of rotatable bonds is 1. The van der Waals surface area contributed by atoms with E-state index in [4.69, 9.17) is 11.6 Å². The number of aromatic nitrogens is 2. The smallest absolute Gasteiger partial charge is 0.266 e. The molecular formula is C8H4ClF3N2O2S. The summed E-state index contributed by atoms with van der Waals surface area (Å²) in [6.07, 6.45) is 0. The predicted molar refractivity (Wildman–Crippen MR) is 54.3 cm³/mol. The number of fused-ring (bicyclic) bond motifs is 1. The van der Waals surface area contributed by atoms with Gasteiger partial charge in [0, 0.05) is 5.39 Å². The zero-order chi connectivity index (χ0) is 12.8. The van der Waals surface area contributed by atoms with E-state index in [2.05, 4.69) is 10.2 Å². The minimum absolute atomic E-state index is 0.0146. The number of nitrogens with zero attached hydrogens (tertiary/aromatic N) is 1. The lowest BCUT2D eigenvalue weighted by Crippen LogP contribution is -2.23. The Hall–Kier alpha value is -1.28. The normalized spacial score (nSPS) is 13.2. The highest BCUT2D eigenvalue weighted by Crippen LogP contribution is 2.34. The van der Waals surface area contributed by atoms with E-state index in [1.807, 2.05) is 0 Å². The average Bonchev–Trinajstić information content (AvgIpc) is 2.59. The Morgan fingerprint density at radius 3 is 2.53 bits per heavy atom. The number of para-hydroxylation sites is 1. The highest BCUT2D eigenvalue weighted by atomic mass is 35.5. The third kappa shape index (κ3) is 1.77. The molecule has 0 aliphatic heterocycles. The second-order valence-electron chi connectivity index (χ2n) is 3.14. The van der Waals surface area contributed by atoms with Crippen LogP contribution in [0.2, 0.25) is 5.15 Å². The van der Waals surface area contributed by atoms with Crippen LogP contribution in [-0.2, 0) is 9.84 Å². The molecule has 1 aromatic carbocycles. The molecule has 0 aliphatic rings. The van der Waals surface area contributed by atoms with Gasteiger partial charge in [-0.25, -0.2) is 8.42 Å². The number of halogens is 4. The van der Waals surface area contributed by atoms with E-state index in [1.54, 1.807) is 0 Å². The molecule has 0 saturated heterocycles. The summed E-state index contributed by atoms with van der Waals surface area (Å²) >= 11 is 5.61. The SMILES string of the molecule is O=S(=O)(c1cccc2c(Cl)[nH]nc12)C(F)(F)F. The molecule has 0 atom stereocenters. The second kappa shape index (κ2) is 3.61. The van der Waals surface area contributed by atoms with Crippen molar-refractivity contribution in [1.82, 2.24) is 10.2 Å². The largest absolute Gasteiger partial charge is 0.501 e. The fourth-order valence-corrected chi connectivity index (χ4v) is 2.43. The van der Waals surface area contributed by atoms with Crippen molar-refractivity contribution in [3.05, 3.63) is 23.4 Å². The summed E-state index contributed by atoms with van der Waals surface area (Å²) in [6, 6.07) is 3.38. The van der Waals surface area contributed by atoms with Crippen molar-refractivity contribution in [3.8, 4) is 0 Å². The molecule has 0 unspecified atom stereocenters. The first-order valence-electron chi connectivity index (χ1n) is 4.19. The number of H-pyrrole nitrogens is 1. The van der Waals surface area contributed by atoms with Crippen LogP contribution in [0, 0.1) is 0 Å². The average molecular weight is 285 g/mol. The van der Waals surface area contributed by atoms with Crippen LogP contribution in [0.15, 0.2) is 23.1 Å². The van der Waals surface area contributed by atoms with Crippen molar-refractivity contribution in [2.75, 3.05) is 0 Å². The number of benzene rings is 1. The van der Waals surface area contributed by atoms with Gasteiger partial charge in [0.15, 0.2) is 0 Å². The third-order valence-corrected chi connectivity index (χ3v) is 3.90. The van der Waals surface area contributed by atoms with Gasteiger partial charge in [-0.1, -0.05) is 17.7 Å². The second-order valence-corrected chi connectivity index (χ2v) is 5.43. The fourth-order valence-electron chi connectivity index (χ4n) is 1.32. The summed E-state index contributed by atoms with van der Waals surface area (Å²) in [5.41, 5.74) is -5.69. The van der Waals surface area contributed by atoms with Gasteiger partial charge in [-0.3, -0.25) is 5.10 Å². The molecule has 0 radical (unpaired) electrons. The minimum atomic E-state index is -5.43. The van der Waals surface area contributed by atoms with Crippen molar-refractivity contribution >= 4 is 32.3 Å². The highest BCUT2D eigenvalue weighted by Gasteiger charge is 2.48. The van der Waals surface area contributed by atoms with Crippen molar-refractivity contribution in [2.45, 2.75) is 10.4 Å². The monoisotopic (exact) mass is 284 g/mol. The molecule has 1 aromatic heterocycles. The van der Waals surface area contributed by atoms with Crippen molar-refractivity contribution < 1.29 is 21.6 Å². The molecular weight excluding hydrogens is 281 g/mol. The van der Waals surface area contributed by atoms with Gasteiger partial charge in [0.25, 0.3) is 9.84 Å². The van der Waals surface area contributed by atoms with E-state index in [9.17, 15) is 21.6 Å². The van der Waals surface area contributed by atoms with Gasteiger partial charge in [0.2, 0.25) is 0 Å². The molecule has 4 nitrogen and oxygen atoms in total. The van der Waals surface area contributed by atoms with Crippen LogP contribution in [0.25, 0.3) is 10.9 Å². The van der Waals surface area contributed by atoms with Gasteiger partial charge < -0.3 is 0 Å². The fraction of sp³-hybridized carbons (Fsp3) is 0.125. The highest BCUT2D eigenvalue weighted by molar-refractivity contribution is 7.92. The number of hydrogen-bond acceptors (Lipinski definition) is 3. The van der Waals surface area contributed by atoms with E-state index in [0.717, 1.165) is 6.07 Å². The first-order chi connectivity index (χ1) is 7.75. The lowest BCUT2D eigenvalue weighted by atomic mass is 10.3. The van der Waals surface area contributed by atoms with Gasteiger partial charge in [0.1, 0.15) is 15.6 Å². The van der Waals surface area contributed by atoms with Crippen LogP contribution >= 0.6 is 11.6 Å². The predicted octanol–water partition coefficient (Wildman–Crippen LogP) is 2.51. The summed E-state index contributed by atoms with van der Waals surface area (Å²) in [5.74, 6) is 0. The maximum absolute atomic E-state index is 12.4. The molecule has 9 heteroatoms. The Labute approximate surface area is 98.3 Å². The van der Waals surface area contributed by atoms with Crippen molar-refractivity contribution in [1.29, 1.82) is 0 Å². The Balaban J connectivity index is 2.82. The van der Waals surface area contributed by atoms with Gasteiger partial charge in [-0.2, -0.15) is 18.3 Å². The molecule has 92 valence electrons. The van der Waals surface area contributed by atoms with Crippen LogP contribution in [0.4, 0.5) is 13.2 Å². The van der Waals surface area contributed by atoms with Gasteiger partial charge in [-0.05, 0) is 12.1 Å². The maximum atomic E-state index is 12.4. The lowest BCUT2D eigenvalue weighted by molar-refractivity contribution is -0.0435. The Morgan fingerprint density at radius 1 is 1.29 bits per heavy atom. The molecule has 1 heterocycles. The number of sulfone groups is 1. The van der Waals surface area contributed by atoms with E-state index in [-0.39, 0.29) is 16.1 Å². The number of hydrogen-bond donors (Lipinski definition) is 1. The Bertz CT molecular complexity index is 678. The van der Waals surface area contributed by atoms with Crippen LogP contribution in [0.3, 0.4) is 0 Å². The summed E-state index contributed by atoms with van der Waals surface area (Å²) in [4.78, 5) is -0.911. The zero-order valence-electron chi connectivity index (χ0n) is 7.92. The minimum Gasteiger partial charge on any atom is -0.266 e. The quantitative estimate of drug-likeness (QED) is 0.875. The lowest BCUT2D eigenvalue weighted by Gasteiger charge is -2.07. The van der Waals surface area contributed by atoms with Crippen LogP contribution < -0.4 is 0 Å². The molecule has 1 N–H and O–H groups in total. The summed E-state index contributed by atoms with van der Waals surface area (Å²) in [5, 5.41) is 5.79. The molecule has 0 amide bonds. The molecule has 2 aromatic rings. The number of aromatic amines is 1. The summed E-state index contributed by atoms with van der Waals surface area (Å²) in [6.45, 7) is 0. The van der Waals surface area contributed by atoms with Gasteiger partial charge in [-0.15, -0.1) is 0 Å². The summed E-state index contributed by atoms with van der Waals surface area (Å²) in [7, 11) is -5.43. The van der Waals surface area contributed by atoms with Crippen LogP contribution in [0.1, 0.15) is 0 Å². The van der Waals surface area contributed by atoms with Crippen LogP contribution in [-0.4, -0.2) is 24.1 Å². The topological polar surface area (TPSA) is 62.8 Å². The van der Waals surface area contributed by atoms with Crippen molar-refractivity contribution in [3.63, 3.8) is 0 Å². The molecule has 2 rings (SSSR count). The third-order valence-electron chi connectivity index (χ3n) is 2.10. The summed E-state index contributed by atoms with van der Waals surface area (Å²) < 4.78 is 59.7. The molecule has 0 fully saturated rings. The molecule has 0 spiro atoms. The molecule has 0 saturated carbocycles. The zero-order valence-corrected chi connectivity index (χ0v) is 9.49. The Kier molecular flexibility index (Phi) is 2.58. The standard InChI is InChI=1S/C8H4ClF3N2O2S/c9-7-4-2-1-3-5(6(4)13-14-7)17(15,16)8(10,11)12/h1-3H,(H,13,14). The van der Waals surface area contributed by atoms with E-state index < -0.39 is 20.2 Å². The molecule has 0 bridgehead atoms. The van der Waals surface area contributed by atoms with Crippen molar-refractivity contribution in [2.24, 2.45) is 0 Å². The molecule has 0 aliphatic carbocycles. The van der Waals surface area contributed by atoms with E-state index in [1.165, 1.54) is 12.1 Å². The first kappa shape index (κ1) is 12.2. The van der Waals surface area contributed by atoms with Gasteiger partial charge >= 0.3 is 5.51 Å². The molecule has 17 heavy (non-hydrogen) atoms. The Morgan fingerprint density at radius 2 is 1.94 bits per heavy atom. The number of alkyl halides is 3. The first-order valence-corrected chi connectivity index (χ1v) is 6.05. The van der Waals surface area contributed by atoms with E-state index in [0.29, 0.717) is 0 Å². The van der Waals surface area contributed by atoms with E-state index >= 15 is 0 Å². The van der Waals surface area contributed by atoms with Gasteiger partial charge in [0.05, 0.1) is 0 Å². The maximum Gasteiger partial charge on any atom is 0.501 e. The van der Waals surface area contributed by atoms with Crippen LogP contribution in [0.5, 0.6) is 0 Å². The number of nitrogens with one attached hydrogen (secondary N) is 1.